The van der Waals surface area contributed by atoms with E-state index in [9.17, 15) is 4.79 Å². The number of rotatable bonds is 4. The molecule has 2 rings (SSSR count). The SMILES string of the molecule is CCN(c1ccc(C)cc1)c1ccc(C(=O)O)cc1Cl. The number of hydrogen-bond donors (Lipinski definition) is 1. The highest BCUT2D eigenvalue weighted by atomic mass is 35.5. The first kappa shape index (κ1) is 14.4. The zero-order valence-electron chi connectivity index (χ0n) is 11.4. The van der Waals surface area contributed by atoms with Crippen LogP contribution in [0, 0.1) is 6.92 Å². The summed E-state index contributed by atoms with van der Waals surface area (Å²) in [4.78, 5) is 13.0. The van der Waals surface area contributed by atoms with E-state index in [1.165, 1.54) is 11.6 Å². The number of carboxylic acids is 1. The second-order valence-electron chi connectivity index (χ2n) is 4.55. The molecule has 0 heterocycles. The van der Waals surface area contributed by atoms with Gasteiger partial charge in [-0.2, -0.15) is 0 Å². The molecule has 0 saturated carbocycles. The van der Waals surface area contributed by atoms with Crippen molar-refractivity contribution in [2.75, 3.05) is 11.4 Å². The van der Waals surface area contributed by atoms with Gasteiger partial charge in [0.2, 0.25) is 0 Å². The summed E-state index contributed by atoms with van der Waals surface area (Å²) in [6, 6.07) is 12.9. The zero-order valence-corrected chi connectivity index (χ0v) is 12.2. The number of benzene rings is 2. The molecule has 0 spiro atoms. The Morgan fingerprint density at radius 2 is 1.85 bits per heavy atom. The van der Waals surface area contributed by atoms with Crippen LogP contribution in [0.3, 0.4) is 0 Å². The van der Waals surface area contributed by atoms with E-state index in [2.05, 4.69) is 0 Å². The number of hydrogen-bond acceptors (Lipinski definition) is 2. The van der Waals surface area contributed by atoms with Crippen LogP contribution >= 0.6 is 11.6 Å². The zero-order chi connectivity index (χ0) is 14.7. The third-order valence-electron chi connectivity index (χ3n) is 3.15. The molecular formula is C16H16ClNO2. The molecule has 4 heteroatoms. The van der Waals surface area contributed by atoms with E-state index in [0.717, 1.165) is 17.9 Å². The van der Waals surface area contributed by atoms with E-state index in [1.807, 2.05) is 43.0 Å². The molecule has 2 aromatic rings. The van der Waals surface area contributed by atoms with Crippen LogP contribution in [0.4, 0.5) is 11.4 Å². The quantitative estimate of drug-likeness (QED) is 0.900. The highest BCUT2D eigenvalue weighted by Gasteiger charge is 2.13. The van der Waals surface area contributed by atoms with Gasteiger partial charge >= 0.3 is 5.97 Å². The lowest BCUT2D eigenvalue weighted by molar-refractivity contribution is 0.0697. The fourth-order valence-electron chi connectivity index (χ4n) is 2.08. The molecule has 0 atom stereocenters. The predicted molar refractivity (Wildman–Crippen MR) is 82.3 cm³/mol. The van der Waals surface area contributed by atoms with E-state index in [-0.39, 0.29) is 5.56 Å². The summed E-state index contributed by atoms with van der Waals surface area (Å²) in [7, 11) is 0. The summed E-state index contributed by atoms with van der Waals surface area (Å²) >= 11 is 6.22. The van der Waals surface area contributed by atoms with Crippen LogP contribution < -0.4 is 4.90 Å². The summed E-state index contributed by atoms with van der Waals surface area (Å²) in [5.74, 6) is -0.975. The third kappa shape index (κ3) is 2.94. The van der Waals surface area contributed by atoms with Gasteiger partial charge in [0, 0.05) is 12.2 Å². The Kier molecular flexibility index (Phi) is 4.30. The first-order valence-corrected chi connectivity index (χ1v) is 6.77. The Morgan fingerprint density at radius 1 is 1.20 bits per heavy atom. The predicted octanol–water partition coefficient (Wildman–Crippen LogP) is 4.50. The molecule has 0 radical (unpaired) electrons. The molecule has 0 aliphatic carbocycles. The number of nitrogens with zero attached hydrogens (tertiary/aromatic N) is 1. The van der Waals surface area contributed by atoms with Crippen molar-refractivity contribution in [2.24, 2.45) is 0 Å². The topological polar surface area (TPSA) is 40.5 Å². The van der Waals surface area contributed by atoms with Crippen molar-refractivity contribution < 1.29 is 9.90 Å². The van der Waals surface area contributed by atoms with Gasteiger partial charge in [-0.15, -0.1) is 0 Å². The van der Waals surface area contributed by atoms with Crippen molar-refractivity contribution in [3.8, 4) is 0 Å². The number of anilines is 2. The van der Waals surface area contributed by atoms with E-state index in [0.29, 0.717) is 5.02 Å². The van der Waals surface area contributed by atoms with E-state index >= 15 is 0 Å². The number of aromatic carboxylic acids is 1. The fourth-order valence-corrected chi connectivity index (χ4v) is 2.36. The smallest absolute Gasteiger partial charge is 0.335 e. The Bertz CT molecular complexity index is 623. The van der Waals surface area contributed by atoms with E-state index in [1.54, 1.807) is 12.1 Å². The Labute approximate surface area is 123 Å². The summed E-state index contributed by atoms with van der Waals surface area (Å²) < 4.78 is 0. The molecule has 0 fully saturated rings. The van der Waals surface area contributed by atoms with Crippen molar-refractivity contribution in [3.05, 3.63) is 58.6 Å². The molecule has 0 aromatic heterocycles. The number of carbonyl (C=O) groups is 1. The van der Waals surface area contributed by atoms with Gasteiger partial charge in [-0.3, -0.25) is 0 Å². The Balaban J connectivity index is 2.41. The van der Waals surface area contributed by atoms with Crippen LogP contribution in [0.5, 0.6) is 0 Å². The van der Waals surface area contributed by atoms with Crippen LogP contribution in [0.25, 0.3) is 0 Å². The maximum absolute atomic E-state index is 10.9. The van der Waals surface area contributed by atoms with Crippen LogP contribution in [0.15, 0.2) is 42.5 Å². The molecule has 2 aromatic carbocycles. The lowest BCUT2D eigenvalue weighted by atomic mass is 10.1. The minimum absolute atomic E-state index is 0.193. The molecule has 3 nitrogen and oxygen atoms in total. The van der Waals surface area contributed by atoms with Gasteiger partial charge in [-0.1, -0.05) is 29.3 Å². The van der Waals surface area contributed by atoms with Crippen molar-refractivity contribution in [1.29, 1.82) is 0 Å². The summed E-state index contributed by atoms with van der Waals surface area (Å²) in [5.41, 5.74) is 3.22. The Hall–Kier alpha value is -2.00. The summed E-state index contributed by atoms with van der Waals surface area (Å²) in [6.45, 7) is 4.81. The molecule has 1 N–H and O–H groups in total. The lowest BCUT2D eigenvalue weighted by Crippen LogP contribution is -2.16. The van der Waals surface area contributed by atoms with Crippen LogP contribution in [-0.4, -0.2) is 17.6 Å². The van der Waals surface area contributed by atoms with Gasteiger partial charge in [-0.05, 0) is 44.2 Å². The van der Waals surface area contributed by atoms with Crippen molar-refractivity contribution in [2.45, 2.75) is 13.8 Å². The van der Waals surface area contributed by atoms with Gasteiger partial charge < -0.3 is 10.0 Å². The molecular weight excluding hydrogens is 274 g/mol. The Morgan fingerprint density at radius 3 is 2.35 bits per heavy atom. The molecule has 0 aliphatic rings. The molecule has 0 unspecified atom stereocenters. The average Bonchev–Trinajstić information content (AvgIpc) is 2.43. The fraction of sp³-hybridized carbons (Fsp3) is 0.188. The first-order valence-electron chi connectivity index (χ1n) is 6.40. The summed E-state index contributed by atoms with van der Waals surface area (Å²) in [6.07, 6.45) is 0. The van der Waals surface area contributed by atoms with Crippen molar-refractivity contribution in [3.63, 3.8) is 0 Å². The maximum atomic E-state index is 10.9. The van der Waals surface area contributed by atoms with Crippen LogP contribution in [-0.2, 0) is 0 Å². The summed E-state index contributed by atoms with van der Waals surface area (Å²) in [5, 5.41) is 9.41. The molecule has 20 heavy (non-hydrogen) atoms. The third-order valence-corrected chi connectivity index (χ3v) is 3.45. The van der Waals surface area contributed by atoms with E-state index in [4.69, 9.17) is 16.7 Å². The van der Waals surface area contributed by atoms with Gasteiger partial charge in [0.25, 0.3) is 0 Å². The minimum Gasteiger partial charge on any atom is -0.478 e. The minimum atomic E-state index is -0.975. The standard InChI is InChI=1S/C16H16ClNO2/c1-3-18(13-7-4-11(2)5-8-13)15-9-6-12(16(19)20)10-14(15)17/h4-10H,3H2,1-2H3,(H,19,20). The van der Waals surface area contributed by atoms with Gasteiger partial charge in [0.1, 0.15) is 0 Å². The lowest BCUT2D eigenvalue weighted by Gasteiger charge is -2.24. The highest BCUT2D eigenvalue weighted by molar-refractivity contribution is 6.33. The number of carboxylic acid groups (broad SMARTS) is 1. The van der Waals surface area contributed by atoms with Gasteiger partial charge in [0.05, 0.1) is 16.3 Å². The second kappa shape index (κ2) is 5.97. The van der Waals surface area contributed by atoms with Crippen LogP contribution in [0.2, 0.25) is 5.02 Å². The van der Waals surface area contributed by atoms with Crippen LogP contribution in [0.1, 0.15) is 22.8 Å². The highest BCUT2D eigenvalue weighted by Crippen LogP contribution is 2.32. The van der Waals surface area contributed by atoms with E-state index < -0.39 is 5.97 Å². The largest absolute Gasteiger partial charge is 0.478 e. The second-order valence-corrected chi connectivity index (χ2v) is 4.96. The number of aryl methyl sites for hydroxylation is 1. The van der Waals surface area contributed by atoms with Gasteiger partial charge in [0.15, 0.2) is 0 Å². The molecule has 104 valence electrons. The first-order chi connectivity index (χ1) is 9.52. The number of halogens is 1. The molecule has 0 amide bonds. The average molecular weight is 290 g/mol. The monoisotopic (exact) mass is 289 g/mol. The van der Waals surface area contributed by atoms with Gasteiger partial charge in [-0.25, -0.2) is 4.79 Å². The molecule has 0 bridgehead atoms. The normalized spacial score (nSPS) is 10.3. The molecule has 0 saturated heterocycles. The maximum Gasteiger partial charge on any atom is 0.335 e. The van der Waals surface area contributed by atoms with Crippen molar-refractivity contribution in [1.82, 2.24) is 0 Å². The van der Waals surface area contributed by atoms with Crippen molar-refractivity contribution >= 4 is 28.9 Å². The molecule has 0 aliphatic heterocycles.